The fraction of sp³-hybridized carbons (Fsp3) is 0.154. The highest BCUT2D eigenvalue weighted by Gasteiger charge is 2.00. The maximum absolute atomic E-state index is 13.0. The van der Waals surface area contributed by atoms with Crippen LogP contribution < -0.4 is 10.9 Å². The highest BCUT2D eigenvalue weighted by atomic mass is 19.1. The van der Waals surface area contributed by atoms with Crippen molar-refractivity contribution in [1.29, 1.82) is 0 Å². The van der Waals surface area contributed by atoms with Gasteiger partial charge in [-0.1, -0.05) is 0 Å². The molecule has 1 aromatic carbocycles. The van der Waals surface area contributed by atoms with Gasteiger partial charge in [-0.05, 0) is 23.8 Å². The summed E-state index contributed by atoms with van der Waals surface area (Å²) in [6.45, 7) is 0.365. The second-order valence-corrected chi connectivity index (χ2v) is 4.04. The van der Waals surface area contributed by atoms with Crippen molar-refractivity contribution >= 4 is 5.69 Å². The molecule has 0 radical (unpaired) electrons. The molecular formula is C13H13FN2O2. The lowest BCUT2D eigenvalue weighted by Crippen LogP contribution is -2.15. The third kappa shape index (κ3) is 2.88. The quantitative estimate of drug-likeness (QED) is 0.871. The summed E-state index contributed by atoms with van der Waals surface area (Å²) in [4.78, 5) is 11.2. The molecule has 0 aliphatic heterocycles. The number of phenolic OH excluding ortho intramolecular Hbond substituents is 1. The van der Waals surface area contributed by atoms with E-state index in [1.165, 1.54) is 22.8 Å². The van der Waals surface area contributed by atoms with Crippen molar-refractivity contribution < 1.29 is 9.50 Å². The molecule has 0 bridgehead atoms. The predicted molar refractivity (Wildman–Crippen MR) is 67.1 cm³/mol. The van der Waals surface area contributed by atoms with Gasteiger partial charge in [0.05, 0.1) is 5.69 Å². The Kier molecular flexibility index (Phi) is 3.32. The lowest BCUT2D eigenvalue weighted by molar-refractivity contribution is 0.468. The summed E-state index contributed by atoms with van der Waals surface area (Å²) in [6, 6.07) is 6.98. The molecule has 2 rings (SSSR count). The number of hydrogen-bond donors (Lipinski definition) is 2. The average Bonchev–Trinajstić information content (AvgIpc) is 2.29. The van der Waals surface area contributed by atoms with E-state index in [2.05, 4.69) is 5.32 Å². The van der Waals surface area contributed by atoms with E-state index in [0.717, 1.165) is 11.8 Å². The van der Waals surface area contributed by atoms with Crippen LogP contribution in [0, 0.1) is 5.82 Å². The second-order valence-electron chi connectivity index (χ2n) is 4.04. The van der Waals surface area contributed by atoms with Crippen LogP contribution in [-0.2, 0) is 13.6 Å². The first-order valence-electron chi connectivity index (χ1n) is 5.43. The monoisotopic (exact) mass is 248 g/mol. The first kappa shape index (κ1) is 12.2. The molecule has 1 aromatic heterocycles. The van der Waals surface area contributed by atoms with Gasteiger partial charge in [0.25, 0.3) is 0 Å². The maximum Gasteiger partial charge on any atom is 0.250 e. The maximum atomic E-state index is 13.0. The number of hydrogen-bond acceptors (Lipinski definition) is 3. The molecule has 2 N–H and O–H groups in total. The molecule has 0 saturated carbocycles. The molecule has 0 fully saturated rings. The van der Waals surface area contributed by atoms with E-state index < -0.39 is 5.82 Å². The number of rotatable bonds is 3. The van der Waals surface area contributed by atoms with Crippen molar-refractivity contribution in [2.75, 3.05) is 5.32 Å². The van der Waals surface area contributed by atoms with Crippen LogP contribution >= 0.6 is 0 Å². The van der Waals surface area contributed by atoms with E-state index >= 15 is 0 Å². The van der Waals surface area contributed by atoms with Crippen LogP contribution in [0.15, 0.2) is 41.3 Å². The van der Waals surface area contributed by atoms with Gasteiger partial charge in [-0.3, -0.25) is 4.79 Å². The highest BCUT2D eigenvalue weighted by Crippen LogP contribution is 2.15. The van der Waals surface area contributed by atoms with Crippen molar-refractivity contribution in [3.63, 3.8) is 0 Å². The molecule has 0 atom stereocenters. The molecule has 5 heteroatoms. The molecular weight excluding hydrogens is 235 g/mol. The lowest BCUT2D eigenvalue weighted by Gasteiger charge is -2.08. The van der Waals surface area contributed by atoms with Gasteiger partial charge in [0.15, 0.2) is 0 Å². The number of benzene rings is 1. The number of aryl methyl sites for hydroxylation is 1. The number of nitrogens with one attached hydrogen (secondary N) is 1. The molecule has 0 aliphatic carbocycles. The third-order valence-corrected chi connectivity index (χ3v) is 2.52. The third-order valence-electron chi connectivity index (χ3n) is 2.52. The van der Waals surface area contributed by atoms with Crippen molar-refractivity contribution in [2.24, 2.45) is 7.05 Å². The van der Waals surface area contributed by atoms with Gasteiger partial charge < -0.3 is 15.0 Å². The van der Waals surface area contributed by atoms with Crippen LogP contribution in [0.5, 0.6) is 5.75 Å². The Morgan fingerprint density at radius 1 is 1.33 bits per heavy atom. The fourth-order valence-electron chi connectivity index (χ4n) is 1.64. The van der Waals surface area contributed by atoms with E-state index in [0.29, 0.717) is 12.1 Å². The van der Waals surface area contributed by atoms with Crippen molar-refractivity contribution in [3.05, 3.63) is 58.3 Å². The summed E-state index contributed by atoms with van der Waals surface area (Å²) in [5, 5.41) is 12.3. The number of aromatic nitrogens is 1. The minimum atomic E-state index is -0.479. The molecule has 1 heterocycles. The Balaban J connectivity index is 2.11. The zero-order valence-corrected chi connectivity index (χ0v) is 9.85. The number of pyridine rings is 1. The Morgan fingerprint density at radius 3 is 2.78 bits per heavy atom. The molecule has 94 valence electrons. The van der Waals surface area contributed by atoms with Crippen molar-refractivity contribution in [1.82, 2.24) is 4.57 Å². The van der Waals surface area contributed by atoms with E-state index in [1.54, 1.807) is 19.3 Å². The Hall–Kier alpha value is -2.30. The van der Waals surface area contributed by atoms with Crippen LogP contribution in [0.25, 0.3) is 0 Å². The lowest BCUT2D eigenvalue weighted by atomic mass is 10.2. The van der Waals surface area contributed by atoms with Gasteiger partial charge in [0.2, 0.25) is 5.56 Å². The summed E-state index contributed by atoms with van der Waals surface area (Å²) in [6.07, 6.45) is 1.65. The number of aromatic hydroxyl groups is 1. The SMILES string of the molecule is Cn1cc(NCc2cc(O)cc(F)c2)ccc1=O. The topological polar surface area (TPSA) is 54.3 Å². The normalized spacial score (nSPS) is 10.3. The van der Waals surface area contributed by atoms with Crippen LogP contribution in [0.1, 0.15) is 5.56 Å². The zero-order chi connectivity index (χ0) is 13.1. The smallest absolute Gasteiger partial charge is 0.250 e. The molecule has 0 spiro atoms. The van der Waals surface area contributed by atoms with Gasteiger partial charge in [0.1, 0.15) is 11.6 Å². The molecule has 0 saturated heterocycles. The summed E-state index contributed by atoms with van der Waals surface area (Å²) < 4.78 is 14.5. The first-order chi connectivity index (χ1) is 8.54. The average molecular weight is 248 g/mol. The van der Waals surface area contributed by atoms with Gasteiger partial charge in [-0.2, -0.15) is 0 Å². The number of phenols is 1. The molecule has 0 unspecified atom stereocenters. The standard InChI is InChI=1S/C13H13FN2O2/c1-16-8-11(2-3-13(16)18)15-7-9-4-10(14)6-12(17)5-9/h2-6,8,15,17H,7H2,1H3. The predicted octanol–water partition coefficient (Wildman–Crippen LogP) is 1.84. The Bertz CT molecular complexity index is 602. The Labute approximate surface area is 103 Å². The second kappa shape index (κ2) is 4.91. The van der Waals surface area contributed by atoms with Gasteiger partial charge >= 0.3 is 0 Å². The van der Waals surface area contributed by atoms with Crippen molar-refractivity contribution in [3.8, 4) is 5.75 Å². The van der Waals surface area contributed by atoms with E-state index in [1.807, 2.05) is 0 Å². The fourth-order valence-corrected chi connectivity index (χ4v) is 1.64. The molecule has 18 heavy (non-hydrogen) atoms. The zero-order valence-electron chi connectivity index (χ0n) is 9.85. The summed E-state index contributed by atoms with van der Waals surface area (Å²) in [7, 11) is 1.65. The summed E-state index contributed by atoms with van der Waals surface area (Å²) in [5.74, 6) is -0.584. The van der Waals surface area contributed by atoms with Gasteiger partial charge in [-0.25, -0.2) is 4.39 Å². The van der Waals surface area contributed by atoms with Crippen LogP contribution in [0.4, 0.5) is 10.1 Å². The number of halogens is 1. The minimum Gasteiger partial charge on any atom is -0.508 e. The number of anilines is 1. The Morgan fingerprint density at radius 2 is 2.11 bits per heavy atom. The van der Waals surface area contributed by atoms with Crippen LogP contribution in [0.3, 0.4) is 0 Å². The summed E-state index contributed by atoms with van der Waals surface area (Å²) in [5.41, 5.74) is 1.28. The van der Waals surface area contributed by atoms with E-state index in [9.17, 15) is 14.3 Å². The van der Waals surface area contributed by atoms with Crippen LogP contribution in [-0.4, -0.2) is 9.67 Å². The van der Waals surface area contributed by atoms with E-state index in [4.69, 9.17) is 0 Å². The van der Waals surface area contributed by atoms with E-state index in [-0.39, 0.29) is 11.3 Å². The molecule has 0 aliphatic rings. The highest BCUT2D eigenvalue weighted by molar-refractivity contribution is 5.41. The van der Waals surface area contributed by atoms with Gasteiger partial charge in [-0.15, -0.1) is 0 Å². The molecule has 2 aromatic rings. The van der Waals surface area contributed by atoms with Crippen LogP contribution in [0.2, 0.25) is 0 Å². The van der Waals surface area contributed by atoms with Crippen molar-refractivity contribution in [2.45, 2.75) is 6.54 Å². The number of nitrogens with zero attached hydrogens (tertiary/aromatic N) is 1. The first-order valence-corrected chi connectivity index (χ1v) is 5.43. The summed E-state index contributed by atoms with van der Waals surface area (Å²) >= 11 is 0. The van der Waals surface area contributed by atoms with Gasteiger partial charge in [0, 0.05) is 31.9 Å². The minimum absolute atomic E-state index is 0.0936. The largest absolute Gasteiger partial charge is 0.508 e. The molecule has 4 nitrogen and oxygen atoms in total. The molecule has 0 amide bonds.